The molecule has 94 valence electrons. The van der Waals surface area contributed by atoms with E-state index in [2.05, 4.69) is 36.4 Å². The van der Waals surface area contributed by atoms with Gasteiger partial charge < -0.3 is 10.5 Å². The molecular formula is C16H19NO. The first kappa shape index (κ1) is 12.7. The number of ether oxygens (including phenoxy) is 1. The Morgan fingerprint density at radius 2 is 1.72 bits per heavy atom. The zero-order chi connectivity index (χ0) is 13.0. The van der Waals surface area contributed by atoms with Crippen molar-refractivity contribution in [3.63, 3.8) is 0 Å². The Hall–Kier alpha value is -1.80. The van der Waals surface area contributed by atoms with Crippen molar-refractivity contribution in [1.29, 1.82) is 0 Å². The lowest BCUT2D eigenvalue weighted by Gasteiger charge is -2.11. The van der Waals surface area contributed by atoms with Crippen molar-refractivity contribution in [3.05, 3.63) is 54.1 Å². The van der Waals surface area contributed by atoms with Crippen LogP contribution in [0, 0.1) is 0 Å². The van der Waals surface area contributed by atoms with Crippen molar-refractivity contribution >= 4 is 0 Å². The van der Waals surface area contributed by atoms with Gasteiger partial charge >= 0.3 is 0 Å². The van der Waals surface area contributed by atoms with E-state index in [9.17, 15) is 0 Å². The zero-order valence-corrected chi connectivity index (χ0v) is 10.9. The molecule has 2 nitrogen and oxygen atoms in total. The Balaban J connectivity index is 2.26. The van der Waals surface area contributed by atoms with E-state index < -0.39 is 0 Å². The molecule has 0 heterocycles. The molecule has 2 rings (SSSR count). The highest BCUT2D eigenvalue weighted by Gasteiger charge is 2.01. The minimum absolute atomic E-state index is 0.194. The van der Waals surface area contributed by atoms with Crippen molar-refractivity contribution in [2.75, 3.05) is 0 Å². The van der Waals surface area contributed by atoms with Gasteiger partial charge in [-0.3, -0.25) is 0 Å². The van der Waals surface area contributed by atoms with E-state index in [-0.39, 0.29) is 6.10 Å². The summed E-state index contributed by atoms with van der Waals surface area (Å²) in [5, 5.41) is 0. The molecule has 0 aliphatic rings. The molecule has 2 N–H and O–H groups in total. The van der Waals surface area contributed by atoms with Gasteiger partial charge in [0, 0.05) is 6.54 Å². The molecule has 0 aromatic heterocycles. The lowest BCUT2D eigenvalue weighted by atomic mass is 10.0. The quantitative estimate of drug-likeness (QED) is 0.887. The van der Waals surface area contributed by atoms with E-state index in [1.165, 1.54) is 5.56 Å². The molecule has 2 heteroatoms. The molecule has 0 amide bonds. The van der Waals surface area contributed by atoms with Gasteiger partial charge in [-0.1, -0.05) is 36.4 Å². The highest BCUT2D eigenvalue weighted by atomic mass is 16.5. The summed E-state index contributed by atoms with van der Waals surface area (Å²) in [4.78, 5) is 0. The maximum absolute atomic E-state index is 5.70. The fraction of sp³-hybridized carbons (Fsp3) is 0.250. The number of rotatable bonds is 4. The average molecular weight is 241 g/mol. The highest BCUT2D eigenvalue weighted by Crippen LogP contribution is 2.24. The van der Waals surface area contributed by atoms with Gasteiger partial charge in [-0.15, -0.1) is 0 Å². The van der Waals surface area contributed by atoms with Crippen LogP contribution in [0.3, 0.4) is 0 Å². The van der Waals surface area contributed by atoms with Gasteiger partial charge in [0.1, 0.15) is 5.75 Å². The summed E-state index contributed by atoms with van der Waals surface area (Å²) in [6, 6.07) is 16.5. The fourth-order valence-electron chi connectivity index (χ4n) is 1.85. The normalized spacial score (nSPS) is 10.7. The molecule has 0 saturated carbocycles. The van der Waals surface area contributed by atoms with E-state index >= 15 is 0 Å². The van der Waals surface area contributed by atoms with Crippen molar-refractivity contribution in [2.45, 2.75) is 26.5 Å². The summed E-state index contributed by atoms with van der Waals surface area (Å²) < 4.78 is 5.70. The standard InChI is InChI=1S/C16H19NO/c1-12(2)18-16-5-3-4-15(10-16)14-8-6-13(11-17)7-9-14/h3-10,12H,11,17H2,1-2H3. The topological polar surface area (TPSA) is 35.2 Å². The molecule has 0 atom stereocenters. The Kier molecular flexibility index (Phi) is 4.00. The van der Waals surface area contributed by atoms with Gasteiger partial charge in [0.05, 0.1) is 6.10 Å². The molecule has 0 aliphatic carbocycles. The molecule has 0 fully saturated rings. The molecule has 2 aromatic carbocycles. The monoisotopic (exact) mass is 241 g/mol. The van der Waals surface area contributed by atoms with E-state index in [1.807, 2.05) is 26.0 Å². The first-order valence-corrected chi connectivity index (χ1v) is 6.25. The number of benzene rings is 2. The summed E-state index contributed by atoms with van der Waals surface area (Å²) in [5.41, 5.74) is 9.09. The van der Waals surface area contributed by atoms with Crippen LogP contribution in [0.25, 0.3) is 11.1 Å². The smallest absolute Gasteiger partial charge is 0.120 e. The van der Waals surface area contributed by atoms with Gasteiger partial charge in [0.15, 0.2) is 0 Å². The minimum Gasteiger partial charge on any atom is -0.491 e. The van der Waals surface area contributed by atoms with Crippen molar-refractivity contribution in [3.8, 4) is 16.9 Å². The van der Waals surface area contributed by atoms with Crippen molar-refractivity contribution in [2.24, 2.45) is 5.73 Å². The summed E-state index contributed by atoms with van der Waals surface area (Å²) in [6.07, 6.45) is 0.194. The third-order valence-corrected chi connectivity index (χ3v) is 2.73. The van der Waals surface area contributed by atoms with Crippen LogP contribution in [0.15, 0.2) is 48.5 Å². The predicted octanol–water partition coefficient (Wildman–Crippen LogP) is 3.60. The zero-order valence-electron chi connectivity index (χ0n) is 10.9. The summed E-state index contributed by atoms with van der Waals surface area (Å²) in [6.45, 7) is 4.64. The van der Waals surface area contributed by atoms with Gasteiger partial charge in [0.2, 0.25) is 0 Å². The van der Waals surface area contributed by atoms with Crippen LogP contribution >= 0.6 is 0 Å². The first-order valence-electron chi connectivity index (χ1n) is 6.25. The van der Waals surface area contributed by atoms with Crippen LogP contribution in [-0.2, 0) is 6.54 Å². The molecule has 2 aromatic rings. The molecule has 18 heavy (non-hydrogen) atoms. The maximum atomic E-state index is 5.70. The number of nitrogens with two attached hydrogens (primary N) is 1. The molecule has 0 aliphatic heterocycles. The van der Waals surface area contributed by atoms with Crippen LogP contribution in [-0.4, -0.2) is 6.10 Å². The second-order valence-electron chi connectivity index (χ2n) is 4.60. The van der Waals surface area contributed by atoms with Gasteiger partial charge in [-0.05, 0) is 42.7 Å². The molecule has 0 saturated heterocycles. The lowest BCUT2D eigenvalue weighted by Crippen LogP contribution is -2.05. The van der Waals surface area contributed by atoms with E-state index in [1.54, 1.807) is 0 Å². The summed E-state index contributed by atoms with van der Waals surface area (Å²) >= 11 is 0. The maximum Gasteiger partial charge on any atom is 0.120 e. The Morgan fingerprint density at radius 1 is 1.00 bits per heavy atom. The van der Waals surface area contributed by atoms with Gasteiger partial charge in [-0.2, -0.15) is 0 Å². The number of hydrogen-bond acceptors (Lipinski definition) is 2. The fourth-order valence-corrected chi connectivity index (χ4v) is 1.85. The average Bonchev–Trinajstić information content (AvgIpc) is 2.38. The van der Waals surface area contributed by atoms with Crippen LogP contribution in [0.1, 0.15) is 19.4 Å². The van der Waals surface area contributed by atoms with Crippen LogP contribution in [0.4, 0.5) is 0 Å². The highest BCUT2D eigenvalue weighted by molar-refractivity contribution is 5.65. The molecular weight excluding hydrogens is 222 g/mol. The van der Waals surface area contributed by atoms with Crippen molar-refractivity contribution in [1.82, 2.24) is 0 Å². The van der Waals surface area contributed by atoms with Crippen LogP contribution < -0.4 is 10.5 Å². The van der Waals surface area contributed by atoms with E-state index in [0.29, 0.717) is 6.54 Å². The van der Waals surface area contributed by atoms with E-state index in [0.717, 1.165) is 16.9 Å². The Morgan fingerprint density at radius 3 is 2.33 bits per heavy atom. The van der Waals surface area contributed by atoms with E-state index in [4.69, 9.17) is 10.5 Å². The Bertz CT molecular complexity index is 503. The molecule has 0 unspecified atom stereocenters. The third-order valence-electron chi connectivity index (χ3n) is 2.73. The van der Waals surface area contributed by atoms with Crippen molar-refractivity contribution < 1.29 is 4.74 Å². The minimum atomic E-state index is 0.194. The Labute approximate surface area is 108 Å². The summed E-state index contributed by atoms with van der Waals surface area (Å²) in [5.74, 6) is 0.908. The SMILES string of the molecule is CC(C)Oc1cccc(-c2ccc(CN)cc2)c1. The molecule has 0 radical (unpaired) electrons. The first-order chi connectivity index (χ1) is 8.69. The predicted molar refractivity (Wildman–Crippen MR) is 75.5 cm³/mol. The van der Waals surface area contributed by atoms with Gasteiger partial charge in [0.25, 0.3) is 0 Å². The molecule has 0 spiro atoms. The van der Waals surface area contributed by atoms with Crippen LogP contribution in [0.5, 0.6) is 5.75 Å². The van der Waals surface area contributed by atoms with Gasteiger partial charge in [-0.25, -0.2) is 0 Å². The van der Waals surface area contributed by atoms with Crippen LogP contribution in [0.2, 0.25) is 0 Å². The second kappa shape index (κ2) is 5.69. The molecule has 0 bridgehead atoms. The third kappa shape index (κ3) is 3.11. The second-order valence-corrected chi connectivity index (χ2v) is 4.60. The summed E-state index contributed by atoms with van der Waals surface area (Å²) in [7, 11) is 0. The largest absolute Gasteiger partial charge is 0.491 e. The number of hydrogen-bond donors (Lipinski definition) is 1. The lowest BCUT2D eigenvalue weighted by molar-refractivity contribution is 0.242.